The lowest BCUT2D eigenvalue weighted by atomic mass is 9.43. The predicted octanol–water partition coefficient (Wildman–Crippen LogP) is 4.87. The predicted molar refractivity (Wildman–Crippen MR) is 174 cm³/mol. The number of para-hydroxylation sites is 1. The highest BCUT2D eigenvalue weighted by Crippen LogP contribution is 2.73. The molecule has 46 heavy (non-hydrogen) atoms. The molecule has 0 amide bonds. The van der Waals surface area contributed by atoms with Gasteiger partial charge in [-0.1, -0.05) is 37.6 Å². The van der Waals surface area contributed by atoms with E-state index in [-0.39, 0.29) is 53.9 Å². The molecule has 4 aliphatic carbocycles. The van der Waals surface area contributed by atoms with E-state index < -0.39 is 17.1 Å². The third-order valence-corrected chi connectivity index (χ3v) is 14.5. The van der Waals surface area contributed by atoms with Gasteiger partial charge in [0.1, 0.15) is 23.6 Å². The number of aromatic nitrogens is 1. The number of hydrogen-bond acceptors (Lipinski definition) is 7. The minimum Gasteiger partial charge on any atom is -0.458 e. The molecule has 12 atom stereocenters. The van der Waals surface area contributed by atoms with Crippen LogP contribution in [0.3, 0.4) is 0 Å². The van der Waals surface area contributed by atoms with Crippen LogP contribution in [0.25, 0.3) is 10.9 Å². The van der Waals surface area contributed by atoms with Crippen molar-refractivity contribution in [1.29, 1.82) is 0 Å². The highest BCUT2D eigenvalue weighted by molar-refractivity contribution is 5.91. The van der Waals surface area contributed by atoms with E-state index >= 15 is 0 Å². The van der Waals surface area contributed by atoms with Gasteiger partial charge in [0.05, 0.1) is 23.7 Å². The van der Waals surface area contributed by atoms with Crippen LogP contribution in [0.4, 0.5) is 0 Å². The molecule has 2 aliphatic heterocycles. The topological polar surface area (TPSA) is 124 Å². The molecule has 3 heterocycles. The second kappa shape index (κ2) is 10.7. The lowest BCUT2D eigenvalue weighted by Crippen LogP contribution is -2.69. The number of carbonyl (C=O) groups is 2. The van der Waals surface area contributed by atoms with Crippen molar-refractivity contribution in [3.05, 3.63) is 47.2 Å². The summed E-state index contributed by atoms with van der Waals surface area (Å²) >= 11 is 0. The molecule has 8 rings (SSSR count). The second-order valence-electron chi connectivity index (χ2n) is 16.1. The molecule has 0 bridgehead atoms. The summed E-state index contributed by atoms with van der Waals surface area (Å²) in [4.78, 5) is 30.3. The molecule has 5 fully saturated rings. The molecule has 1 spiro atoms. The minimum absolute atomic E-state index is 0.0845. The van der Waals surface area contributed by atoms with Crippen LogP contribution < -0.4 is 5.32 Å². The third kappa shape index (κ3) is 4.12. The maximum atomic E-state index is 14.3. The summed E-state index contributed by atoms with van der Waals surface area (Å²) in [6.07, 6.45) is 8.07. The number of fused-ring (bicyclic) bond motifs is 5. The standard InChI is InChI=1S/C38H50N2O6/c1-20-15-31(45-35(44)25(20)19-41)21(2)26-9-10-27-24-16-33-38(46-33)34(43)30(17-32(42)37(38,4)28(24)11-13-36(26,27)3)39-14-12-22-18-40-29-8-6-5-7-23(22)29/h5-8,18,21,24,26-28,30-31,33-34,39-41,43H,9-17,19H2,1-4H3. The van der Waals surface area contributed by atoms with Gasteiger partial charge in [0.2, 0.25) is 0 Å². The molecular formula is C38H50N2O6. The van der Waals surface area contributed by atoms with Crippen molar-refractivity contribution in [2.45, 2.75) is 109 Å². The smallest absolute Gasteiger partial charge is 0.336 e. The lowest BCUT2D eigenvalue weighted by Gasteiger charge is -2.59. The monoisotopic (exact) mass is 630 g/mol. The third-order valence-electron chi connectivity index (χ3n) is 14.5. The number of aliphatic hydroxyl groups excluding tert-OH is 2. The van der Waals surface area contributed by atoms with Gasteiger partial charge in [0, 0.05) is 36.0 Å². The number of epoxide rings is 1. The van der Waals surface area contributed by atoms with E-state index in [1.54, 1.807) is 0 Å². The molecule has 1 saturated heterocycles. The zero-order valence-corrected chi connectivity index (χ0v) is 27.7. The summed E-state index contributed by atoms with van der Waals surface area (Å²) in [5.41, 5.74) is 2.36. The number of H-pyrrole nitrogens is 1. The molecular weight excluding hydrogens is 580 g/mol. The first-order chi connectivity index (χ1) is 22.0. The molecule has 6 aliphatic rings. The number of cyclic esters (lactones) is 1. The zero-order valence-electron chi connectivity index (χ0n) is 27.7. The van der Waals surface area contributed by atoms with Crippen LogP contribution in [0, 0.1) is 40.4 Å². The van der Waals surface area contributed by atoms with Crippen LogP contribution in [0.1, 0.15) is 78.2 Å². The Morgan fingerprint density at radius 3 is 2.70 bits per heavy atom. The summed E-state index contributed by atoms with van der Waals surface area (Å²) in [7, 11) is 0. The van der Waals surface area contributed by atoms with E-state index in [4.69, 9.17) is 9.47 Å². The van der Waals surface area contributed by atoms with Crippen LogP contribution >= 0.6 is 0 Å². The Morgan fingerprint density at radius 1 is 1.11 bits per heavy atom. The van der Waals surface area contributed by atoms with Crippen LogP contribution in [0.15, 0.2) is 41.6 Å². The number of carbonyl (C=O) groups excluding carboxylic acids is 2. The number of hydrogen-bond donors (Lipinski definition) is 4. The Kier molecular flexibility index (Phi) is 7.19. The van der Waals surface area contributed by atoms with Gasteiger partial charge in [-0.2, -0.15) is 0 Å². The average molecular weight is 631 g/mol. The van der Waals surface area contributed by atoms with E-state index in [9.17, 15) is 19.8 Å². The number of ether oxygens (including phenoxy) is 2. The number of rotatable bonds is 7. The first-order valence-electron chi connectivity index (χ1n) is 17.7. The first kappa shape index (κ1) is 30.8. The Bertz CT molecular complexity index is 1600. The number of ketones is 1. The van der Waals surface area contributed by atoms with Gasteiger partial charge in [-0.15, -0.1) is 0 Å². The van der Waals surface area contributed by atoms with Crippen molar-refractivity contribution < 1.29 is 29.3 Å². The molecule has 4 N–H and O–H groups in total. The van der Waals surface area contributed by atoms with E-state index in [2.05, 4.69) is 55.5 Å². The van der Waals surface area contributed by atoms with Gasteiger partial charge in [0.15, 0.2) is 0 Å². The number of nitrogens with one attached hydrogen (secondary N) is 2. The van der Waals surface area contributed by atoms with Crippen LogP contribution in [0.2, 0.25) is 0 Å². The molecule has 8 nitrogen and oxygen atoms in total. The highest BCUT2D eigenvalue weighted by atomic mass is 16.6. The van der Waals surface area contributed by atoms with Crippen molar-refractivity contribution >= 4 is 22.7 Å². The van der Waals surface area contributed by atoms with Crippen molar-refractivity contribution in [3.63, 3.8) is 0 Å². The minimum atomic E-state index is -0.786. The van der Waals surface area contributed by atoms with Gasteiger partial charge in [0.25, 0.3) is 0 Å². The molecule has 1 aromatic heterocycles. The fourth-order valence-electron chi connectivity index (χ4n) is 12.0. The molecule has 12 unspecified atom stereocenters. The maximum Gasteiger partial charge on any atom is 0.336 e. The number of esters is 1. The fourth-order valence-corrected chi connectivity index (χ4v) is 12.0. The summed E-state index contributed by atoms with van der Waals surface area (Å²) in [5, 5.41) is 26.4. The van der Waals surface area contributed by atoms with Crippen LogP contribution in [-0.2, 0) is 25.5 Å². The van der Waals surface area contributed by atoms with E-state index in [1.807, 2.05) is 13.0 Å². The first-order valence-corrected chi connectivity index (χ1v) is 17.7. The summed E-state index contributed by atoms with van der Waals surface area (Å²) in [6, 6.07) is 7.99. The molecule has 4 saturated carbocycles. The Morgan fingerprint density at radius 2 is 1.91 bits per heavy atom. The van der Waals surface area contributed by atoms with Gasteiger partial charge >= 0.3 is 5.97 Å². The van der Waals surface area contributed by atoms with Gasteiger partial charge in [-0.05, 0) is 106 Å². The molecule has 248 valence electrons. The fraction of sp³-hybridized carbons (Fsp3) is 0.684. The number of aromatic amines is 1. The molecule has 8 heteroatoms. The Labute approximate surface area is 271 Å². The normalized spacial score (nSPS) is 43.9. The van der Waals surface area contributed by atoms with Crippen molar-refractivity contribution in [3.8, 4) is 0 Å². The number of aliphatic hydroxyl groups is 2. The number of Topliss-reactive ketones (excluding diaryl/α,β-unsaturated/α-hetero) is 1. The largest absolute Gasteiger partial charge is 0.458 e. The van der Waals surface area contributed by atoms with E-state index in [0.29, 0.717) is 42.7 Å². The molecule has 0 radical (unpaired) electrons. The molecule has 1 aromatic carbocycles. The summed E-state index contributed by atoms with van der Waals surface area (Å²) in [6.45, 7) is 9.20. The quantitative estimate of drug-likeness (QED) is 0.254. The highest BCUT2D eigenvalue weighted by Gasteiger charge is 2.82. The van der Waals surface area contributed by atoms with Crippen LogP contribution in [-0.4, -0.2) is 70.1 Å². The number of benzene rings is 1. The summed E-state index contributed by atoms with van der Waals surface area (Å²) < 4.78 is 12.5. The Balaban J connectivity index is 0.976. The zero-order chi connectivity index (χ0) is 32.2. The van der Waals surface area contributed by atoms with E-state index in [1.165, 1.54) is 10.9 Å². The average Bonchev–Trinajstić information content (AvgIpc) is 3.47. The second-order valence-corrected chi connectivity index (χ2v) is 16.1. The summed E-state index contributed by atoms with van der Waals surface area (Å²) in [5.74, 6) is 1.61. The van der Waals surface area contributed by atoms with Crippen molar-refractivity contribution in [1.82, 2.24) is 10.3 Å². The van der Waals surface area contributed by atoms with E-state index in [0.717, 1.165) is 49.6 Å². The molecule has 2 aromatic rings. The lowest BCUT2D eigenvalue weighted by molar-refractivity contribution is -0.169. The SMILES string of the molecule is CC1=C(CO)C(=O)OC(C(C)C2CCC3C4CC5OC56C(O)C(NCCc5c[nH]c7ccccc57)CC(=O)C6(C)C4CCC23C)C1. The van der Waals surface area contributed by atoms with Crippen LogP contribution in [0.5, 0.6) is 0 Å². The van der Waals surface area contributed by atoms with Gasteiger partial charge in [-0.3, -0.25) is 4.79 Å². The van der Waals surface area contributed by atoms with Gasteiger partial charge < -0.3 is 30.0 Å². The maximum absolute atomic E-state index is 14.3. The Hall–Kier alpha value is -2.52. The van der Waals surface area contributed by atoms with Crippen molar-refractivity contribution in [2.75, 3.05) is 13.2 Å². The van der Waals surface area contributed by atoms with Crippen molar-refractivity contribution in [2.24, 2.45) is 40.4 Å². The van der Waals surface area contributed by atoms with Gasteiger partial charge in [-0.25, -0.2) is 4.79 Å².